The highest BCUT2D eigenvalue weighted by Gasteiger charge is 2.18. The summed E-state index contributed by atoms with van der Waals surface area (Å²) < 4.78 is 5.23. The van der Waals surface area contributed by atoms with E-state index in [1.165, 1.54) is 0 Å². The maximum atomic E-state index is 9.46. The van der Waals surface area contributed by atoms with E-state index in [1.807, 2.05) is 18.2 Å². The van der Waals surface area contributed by atoms with E-state index in [0.717, 1.165) is 28.4 Å². The molecule has 0 heterocycles. The van der Waals surface area contributed by atoms with Crippen LogP contribution in [0, 0.1) is 11.3 Å². The molecule has 0 spiro atoms. The van der Waals surface area contributed by atoms with E-state index in [4.69, 9.17) is 4.74 Å². The van der Waals surface area contributed by atoms with E-state index in [1.54, 1.807) is 18.9 Å². The highest BCUT2D eigenvalue weighted by atomic mass is 32.2. The number of thioether (sulfide) groups is 1. The minimum Gasteiger partial charge on any atom is -0.383 e. The third kappa shape index (κ3) is 3.89. The molecule has 0 radical (unpaired) electrons. The number of benzene rings is 1. The Morgan fingerprint density at radius 2 is 2.16 bits per heavy atom. The molecule has 0 aliphatic rings. The van der Waals surface area contributed by atoms with Gasteiger partial charge in [-0.1, -0.05) is 13.0 Å². The van der Waals surface area contributed by atoms with Crippen LogP contribution >= 0.6 is 11.8 Å². The summed E-state index contributed by atoms with van der Waals surface area (Å²) in [5.74, 6) is 0.970. The van der Waals surface area contributed by atoms with Gasteiger partial charge < -0.3 is 9.64 Å². The minimum absolute atomic E-state index is 0.254. The molecule has 0 bridgehead atoms. The van der Waals surface area contributed by atoms with Crippen LogP contribution in [-0.2, 0) is 4.74 Å². The van der Waals surface area contributed by atoms with Crippen molar-refractivity contribution >= 4 is 17.4 Å². The summed E-state index contributed by atoms with van der Waals surface area (Å²) in [4.78, 5) is 3.28. The second-order valence-electron chi connectivity index (χ2n) is 4.29. The molecule has 0 aromatic heterocycles. The molecule has 0 saturated heterocycles. The molecule has 1 aromatic carbocycles. The van der Waals surface area contributed by atoms with Gasteiger partial charge in [-0.15, -0.1) is 11.8 Å². The van der Waals surface area contributed by atoms with Crippen LogP contribution in [0.3, 0.4) is 0 Å². The molecule has 0 saturated carbocycles. The van der Waals surface area contributed by atoms with Gasteiger partial charge in [0.2, 0.25) is 0 Å². The number of methoxy groups -OCH3 is 1. The topological polar surface area (TPSA) is 36.3 Å². The first-order chi connectivity index (χ1) is 9.19. The second-order valence-corrected chi connectivity index (χ2v) is 5.59. The SMILES string of the molecule is CCSc1cccc(N(CC)C(C)COC)c1C#N. The Hall–Kier alpha value is -1.18. The van der Waals surface area contributed by atoms with Crippen LogP contribution in [0.1, 0.15) is 26.3 Å². The Morgan fingerprint density at radius 1 is 1.42 bits per heavy atom. The highest BCUT2D eigenvalue weighted by Crippen LogP contribution is 2.31. The van der Waals surface area contributed by atoms with E-state index in [2.05, 4.69) is 31.7 Å². The molecule has 0 aliphatic heterocycles. The highest BCUT2D eigenvalue weighted by molar-refractivity contribution is 7.99. The van der Waals surface area contributed by atoms with Crippen LogP contribution in [0.4, 0.5) is 5.69 Å². The molecule has 0 N–H and O–H groups in total. The van der Waals surface area contributed by atoms with Crippen LogP contribution in [0.15, 0.2) is 23.1 Å². The van der Waals surface area contributed by atoms with Gasteiger partial charge in [0.05, 0.1) is 17.9 Å². The fourth-order valence-corrected chi connectivity index (χ4v) is 2.98. The first-order valence-electron chi connectivity index (χ1n) is 6.61. The maximum Gasteiger partial charge on any atom is 0.103 e. The molecule has 1 unspecified atom stereocenters. The van der Waals surface area contributed by atoms with Gasteiger partial charge in [-0.25, -0.2) is 0 Å². The molecule has 1 aromatic rings. The number of hydrogen-bond donors (Lipinski definition) is 0. The average molecular weight is 278 g/mol. The number of anilines is 1. The van der Waals surface area contributed by atoms with Crippen molar-refractivity contribution in [2.75, 3.05) is 30.9 Å². The van der Waals surface area contributed by atoms with Gasteiger partial charge in [0.15, 0.2) is 0 Å². The van der Waals surface area contributed by atoms with Gasteiger partial charge in [0.1, 0.15) is 6.07 Å². The summed E-state index contributed by atoms with van der Waals surface area (Å²) in [6.45, 7) is 7.84. The molecule has 3 nitrogen and oxygen atoms in total. The Bertz CT molecular complexity index is 442. The van der Waals surface area contributed by atoms with Gasteiger partial charge >= 0.3 is 0 Å². The summed E-state index contributed by atoms with van der Waals surface area (Å²) >= 11 is 1.71. The van der Waals surface area contributed by atoms with Crippen LogP contribution in [0.5, 0.6) is 0 Å². The van der Waals surface area contributed by atoms with Crippen molar-refractivity contribution in [2.45, 2.75) is 31.7 Å². The monoisotopic (exact) mass is 278 g/mol. The van der Waals surface area contributed by atoms with Gasteiger partial charge in [0, 0.05) is 24.6 Å². The summed E-state index contributed by atoms with van der Waals surface area (Å²) in [7, 11) is 1.71. The summed E-state index contributed by atoms with van der Waals surface area (Å²) in [5.41, 5.74) is 1.78. The number of hydrogen-bond acceptors (Lipinski definition) is 4. The molecule has 0 aliphatic carbocycles. The maximum absolute atomic E-state index is 9.46. The lowest BCUT2D eigenvalue weighted by Gasteiger charge is -2.31. The molecule has 19 heavy (non-hydrogen) atoms. The number of rotatable bonds is 7. The van der Waals surface area contributed by atoms with Crippen molar-refractivity contribution in [2.24, 2.45) is 0 Å². The van der Waals surface area contributed by atoms with Crippen molar-refractivity contribution in [3.63, 3.8) is 0 Å². The van der Waals surface area contributed by atoms with Gasteiger partial charge in [0.25, 0.3) is 0 Å². The zero-order chi connectivity index (χ0) is 14.3. The van der Waals surface area contributed by atoms with Crippen LogP contribution in [-0.4, -0.2) is 32.1 Å². The smallest absolute Gasteiger partial charge is 0.103 e. The standard InChI is InChI=1S/C15H22N2OS/c1-5-17(12(3)11-18-4)14-8-7-9-15(19-6-2)13(14)10-16/h7-9,12H,5-6,11H2,1-4H3. The number of likely N-dealkylation sites (N-methyl/N-ethyl adjacent to an activating group) is 1. The quantitative estimate of drug-likeness (QED) is 0.715. The normalized spacial score (nSPS) is 11.9. The molecule has 1 atom stereocenters. The zero-order valence-electron chi connectivity index (χ0n) is 12.1. The first-order valence-corrected chi connectivity index (χ1v) is 7.59. The van der Waals surface area contributed by atoms with E-state index in [0.29, 0.717) is 6.61 Å². The predicted octanol–water partition coefficient (Wildman–Crippen LogP) is 3.53. The second kappa shape index (κ2) is 8.08. The minimum atomic E-state index is 0.254. The van der Waals surface area contributed by atoms with Crippen molar-refractivity contribution in [1.82, 2.24) is 0 Å². The number of nitrogens with zero attached hydrogens (tertiary/aromatic N) is 2. The molecular formula is C15H22N2OS. The predicted molar refractivity (Wildman–Crippen MR) is 81.9 cm³/mol. The number of nitriles is 1. The fraction of sp³-hybridized carbons (Fsp3) is 0.533. The lowest BCUT2D eigenvalue weighted by Crippen LogP contribution is -2.36. The van der Waals surface area contributed by atoms with Crippen LogP contribution in [0.2, 0.25) is 0 Å². The molecule has 0 fully saturated rings. The third-order valence-electron chi connectivity index (χ3n) is 3.01. The molecule has 4 heteroatoms. The largest absolute Gasteiger partial charge is 0.383 e. The number of ether oxygens (including phenoxy) is 1. The van der Waals surface area contributed by atoms with Crippen LogP contribution in [0.25, 0.3) is 0 Å². The Labute approximate surface area is 120 Å². The van der Waals surface area contributed by atoms with Crippen molar-refractivity contribution in [3.8, 4) is 6.07 Å². The van der Waals surface area contributed by atoms with Crippen LogP contribution < -0.4 is 4.90 Å². The van der Waals surface area contributed by atoms with Crippen molar-refractivity contribution in [3.05, 3.63) is 23.8 Å². The molecule has 0 amide bonds. The van der Waals surface area contributed by atoms with Gasteiger partial charge in [-0.05, 0) is 31.7 Å². The molecule has 104 valence electrons. The summed E-state index contributed by atoms with van der Waals surface area (Å²) in [6, 6.07) is 8.68. The lowest BCUT2D eigenvalue weighted by atomic mass is 10.1. The third-order valence-corrected chi connectivity index (χ3v) is 3.95. The Kier molecular flexibility index (Phi) is 6.75. The van der Waals surface area contributed by atoms with Crippen molar-refractivity contribution < 1.29 is 4.74 Å². The Morgan fingerprint density at radius 3 is 2.68 bits per heavy atom. The van der Waals surface area contributed by atoms with Gasteiger partial charge in [-0.2, -0.15) is 5.26 Å². The van der Waals surface area contributed by atoms with E-state index in [9.17, 15) is 5.26 Å². The summed E-state index contributed by atoms with van der Waals surface area (Å²) in [5, 5.41) is 9.46. The van der Waals surface area contributed by atoms with E-state index >= 15 is 0 Å². The van der Waals surface area contributed by atoms with Crippen molar-refractivity contribution in [1.29, 1.82) is 5.26 Å². The molecule has 1 rings (SSSR count). The molecular weight excluding hydrogens is 256 g/mol. The van der Waals surface area contributed by atoms with Gasteiger partial charge in [-0.3, -0.25) is 0 Å². The average Bonchev–Trinajstić information content (AvgIpc) is 2.40. The zero-order valence-corrected chi connectivity index (χ0v) is 13.0. The fourth-order valence-electron chi connectivity index (χ4n) is 2.20. The van der Waals surface area contributed by atoms with E-state index < -0.39 is 0 Å². The lowest BCUT2D eigenvalue weighted by molar-refractivity contribution is 0.182. The first kappa shape index (κ1) is 15.9. The van der Waals surface area contributed by atoms with E-state index in [-0.39, 0.29) is 6.04 Å². The Balaban J connectivity index is 3.16. The summed E-state index contributed by atoms with van der Waals surface area (Å²) in [6.07, 6.45) is 0.